The predicted molar refractivity (Wildman–Crippen MR) is 82.7 cm³/mol. The third-order valence-corrected chi connectivity index (χ3v) is 4.03. The summed E-state index contributed by atoms with van der Waals surface area (Å²) in [5.41, 5.74) is 8.75. The number of nitrogens with two attached hydrogens (primary N) is 1. The lowest BCUT2D eigenvalue weighted by atomic mass is 9.87. The molecule has 0 atom stereocenters. The van der Waals surface area contributed by atoms with Gasteiger partial charge >= 0.3 is 0 Å². The summed E-state index contributed by atoms with van der Waals surface area (Å²) < 4.78 is 0. The molecule has 0 unspecified atom stereocenters. The normalized spacial score (nSPS) is 17.6. The van der Waals surface area contributed by atoms with Crippen LogP contribution in [0, 0.1) is 6.92 Å². The first-order valence-corrected chi connectivity index (χ1v) is 7.30. The number of hydrogen-bond donors (Lipinski definition) is 1. The fourth-order valence-corrected chi connectivity index (χ4v) is 3.24. The Bertz CT molecular complexity index is 459. The standard InChI is InChI=1S/C16H25N3/c1-4-10-16(11-5-2)12-18-15(17)19(16)14-9-7-6-8-13(14)3/h6-9H,4-5,10-12H2,1-3H3,(H2,17,18). The van der Waals surface area contributed by atoms with Gasteiger partial charge in [0.2, 0.25) is 0 Å². The largest absolute Gasteiger partial charge is 0.369 e. The van der Waals surface area contributed by atoms with Gasteiger partial charge in [0.15, 0.2) is 5.96 Å². The Kier molecular flexibility index (Phi) is 4.13. The van der Waals surface area contributed by atoms with Gasteiger partial charge in [0.1, 0.15) is 0 Å². The molecule has 3 nitrogen and oxygen atoms in total. The Morgan fingerprint density at radius 1 is 1.21 bits per heavy atom. The van der Waals surface area contributed by atoms with E-state index >= 15 is 0 Å². The van der Waals surface area contributed by atoms with E-state index in [-0.39, 0.29) is 5.54 Å². The first kappa shape index (κ1) is 13.9. The van der Waals surface area contributed by atoms with E-state index in [4.69, 9.17) is 5.73 Å². The number of nitrogens with zero attached hydrogens (tertiary/aromatic N) is 2. The highest BCUT2D eigenvalue weighted by Crippen LogP contribution is 2.37. The Morgan fingerprint density at radius 3 is 2.42 bits per heavy atom. The first-order chi connectivity index (χ1) is 9.14. The van der Waals surface area contributed by atoms with E-state index in [0.29, 0.717) is 5.96 Å². The summed E-state index contributed by atoms with van der Waals surface area (Å²) >= 11 is 0. The summed E-state index contributed by atoms with van der Waals surface area (Å²) in [7, 11) is 0. The lowest BCUT2D eigenvalue weighted by molar-refractivity contribution is 0.384. The third kappa shape index (κ3) is 2.46. The Balaban J connectivity index is 2.43. The van der Waals surface area contributed by atoms with E-state index in [0.717, 1.165) is 32.2 Å². The van der Waals surface area contributed by atoms with Crippen LogP contribution in [0.25, 0.3) is 0 Å². The van der Waals surface area contributed by atoms with Crippen LogP contribution in [-0.2, 0) is 0 Å². The number of aliphatic imine (C=N–C) groups is 1. The van der Waals surface area contributed by atoms with Crippen LogP contribution in [0.1, 0.15) is 45.1 Å². The van der Waals surface area contributed by atoms with Crippen LogP contribution in [0.2, 0.25) is 0 Å². The maximum absolute atomic E-state index is 6.19. The molecule has 2 N–H and O–H groups in total. The summed E-state index contributed by atoms with van der Waals surface area (Å²) in [5.74, 6) is 0.677. The minimum atomic E-state index is 0.0830. The van der Waals surface area contributed by atoms with Gasteiger partial charge in [-0.15, -0.1) is 0 Å². The van der Waals surface area contributed by atoms with Crippen molar-refractivity contribution in [2.75, 3.05) is 11.4 Å². The van der Waals surface area contributed by atoms with Crippen LogP contribution >= 0.6 is 0 Å². The van der Waals surface area contributed by atoms with Gasteiger partial charge in [-0.3, -0.25) is 4.99 Å². The molecule has 0 radical (unpaired) electrons. The fourth-order valence-electron chi connectivity index (χ4n) is 3.24. The van der Waals surface area contributed by atoms with Gasteiger partial charge in [0.25, 0.3) is 0 Å². The van der Waals surface area contributed by atoms with Crippen LogP contribution < -0.4 is 10.6 Å². The smallest absolute Gasteiger partial charge is 0.196 e. The second kappa shape index (κ2) is 5.64. The predicted octanol–water partition coefficient (Wildman–Crippen LogP) is 3.47. The molecule has 2 rings (SSSR count). The van der Waals surface area contributed by atoms with Gasteiger partial charge in [-0.05, 0) is 31.4 Å². The van der Waals surface area contributed by atoms with Crippen molar-refractivity contribution in [3.63, 3.8) is 0 Å². The van der Waals surface area contributed by atoms with E-state index in [1.807, 2.05) is 0 Å². The second-order valence-electron chi connectivity index (χ2n) is 5.52. The zero-order valence-electron chi connectivity index (χ0n) is 12.3. The number of benzene rings is 1. The van der Waals surface area contributed by atoms with Crippen molar-refractivity contribution in [1.82, 2.24) is 0 Å². The van der Waals surface area contributed by atoms with E-state index < -0.39 is 0 Å². The van der Waals surface area contributed by atoms with Crippen molar-refractivity contribution in [3.05, 3.63) is 29.8 Å². The Morgan fingerprint density at radius 2 is 1.84 bits per heavy atom. The van der Waals surface area contributed by atoms with E-state index in [1.165, 1.54) is 11.3 Å². The quantitative estimate of drug-likeness (QED) is 0.879. The van der Waals surface area contributed by atoms with Crippen LogP contribution in [0.15, 0.2) is 29.3 Å². The maximum Gasteiger partial charge on any atom is 0.196 e. The zero-order valence-corrected chi connectivity index (χ0v) is 12.3. The van der Waals surface area contributed by atoms with E-state index in [1.54, 1.807) is 0 Å². The molecule has 1 aromatic rings. The molecule has 3 heteroatoms. The highest BCUT2D eigenvalue weighted by Gasteiger charge is 2.41. The average Bonchev–Trinajstić information content (AvgIpc) is 2.69. The molecule has 0 spiro atoms. The van der Waals surface area contributed by atoms with Gasteiger partial charge in [-0.2, -0.15) is 0 Å². The highest BCUT2D eigenvalue weighted by molar-refractivity contribution is 5.98. The van der Waals surface area contributed by atoms with Crippen molar-refractivity contribution in [1.29, 1.82) is 0 Å². The molecule has 1 heterocycles. The molecule has 104 valence electrons. The zero-order chi connectivity index (χ0) is 13.9. The Labute approximate surface area is 116 Å². The summed E-state index contributed by atoms with van der Waals surface area (Å²) in [6, 6.07) is 8.45. The molecule has 0 aliphatic carbocycles. The van der Waals surface area contributed by atoms with E-state index in [2.05, 4.69) is 54.9 Å². The van der Waals surface area contributed by atoms with Crippen molar-refractivity contribution in [2.45, 2.75) is 52.0 Å². The van der Waals surface area contributed by atoms with Gasteiger partial charge in [0, 0.05) is 5.69 Å². The van der Waals surface area contributed by atoms with Crippen LogP contribution in [0.4, 0.5) is 5.69 Å². The van der Waals surface area contributed by atoms with Gasteiger partial charge < -0.3 is 10.6 Å². The van der Waals surface area contributed by atoms with Crippen LogP contribution in [0.3, 0.4) is 0 Å². The van der Waals surface area contributed by atoms with Crippen molar-refractivity contribution < 1.29 is 0 Å². The summed E-state index contributed by atoms with van der Waals surface area (Å²) in [6.07, 6.45) is 4.59. The molecule has 1 aliphatic rings. The van der Waals surface area contributed by atoms with Gasteiger partial charge in [0.05, 0.1) is 12.1 Å². The number of para-hydroxylation sites is 1. The van der Waals surface area contributed by atoms with Crippen molar-refractivity contribution in [3.8, 4) is 0 Å². The topological polar surface area (TPSA) is 41.6 Å². The lowest BCUT2D eigenvalue weighted by Gasteiger charge is -2.40. The molecular formula is C16H25N3. The van der Waals surface area contributed by atoms with Gasteiger partial charge in [-0.1, -0.05) is 44.9 Å². The molecular weight excluding hydrogens is 234 g/mol. The molecule has 0 saturated carbocycles. The molecule has 0 fully saturated rings. The SMILES string of the molecule is CCCC1(CCC)CN=C(N)N1c1ccccc1C. The molecule has 1 aromatic carbocycles. The monoisotopic (exact) mass is 259 g/mol. The van der Waals surface area contributed by atoms with Crippen LogP contribution in [-0.4, -0.2) is 18.0 Å². The second-order valence-corrected chi connectivity index (χ2v) is 5.52. The molecule has 1 aliphatic heterocycles. The third-order valence-electron chi connectivity index (χ3n) is 4.03. The lowest BCUT2D eigenvalue weighted by Crippen LogP contribution is -2.52. The summed E-state index contributed by atoms with van der Waals surface area (Å²) in [6.45, 7) is 7.45. The first-order valence-electron chi connectivity index (χ1n) is 7.30. The molecule has 0 saturated heterocycles. The molecule has 0 aromatic heterocycles. The summed E-state index contributed by atoms with van der Waals surface area (Å²) in [4.78, 5) is 6.83. The summed E-state index contributed by atoms with van der Waals surface area (Å²) in [5, 5.41) is 0. The average molecular weight is 259 g/mol. The number of anilines is 1. The molecule has 0 bridgehead atoms. The van der Waals surface area contributed by atoms with Crippen LogP contribution in [0.5, 0.6) is 0 Å². The fraction of sp³-hybridized carbons (Fsp3) is 0.562. The minimum Gasteiger partial charge on any atom is -0.369 e. The highest BCUT2D eigenvalue weighted by atomic mass is 15.4. The number of guanidine groups is 1. The van der Waals surface area contributed by atoms with E-state index in [9.17, 15) is 0 Å². The number of aryl methyl sites for hydroxylation is 1. The number of hydrogen-bond acceptors (Lipinski definition) is 3. The maximum atomic E-state index is 6.19. The van der Waals surface area contributed by atoms with Gasteiger partial charge in [-0.25, -0.2) is 0 Å². The molecule has 0 amide bonds. The number of rotatable bonds is 5. The minimum absolute atomic E-state index is 0.0830. The van der Waals surface area contributed by atoms with Crippen molar-refractivity contribution in [2.24, 2.45) is 10.7 Å². The molecule has 19 heavy (non-hydrogen) atoms. The van der Waals surface area contributed by atoms with Crippen molar-refractivity contribution >= 4 is 11.6 Å². The Hall–Kier alpha value is -1.51.